The minimum atomic E-state index is -0.399. The quantitative estimate of drug-likeness (QED) is 0.558. The minimum absolute atomic E-state index is 0.00620. The number of methoxy groups -OCH3 is 1. The number of hydrogen-bond acceptors (Lipinski definition) is 5. The molecule has 4 atom stereocenters. The van der Waals surface area contributed by atoms with Crippen LogP contribution in [0.1, 0.15) is 13.8 Å². The molecule has 4 N–H and O–H groups in total. The summed E-state index contributed by atoms with van der Waals surface area (Å²) in [6.45, 7) is 4.07. The van der Waals surface area contributed by atoms with Gasteiger partial charge in [0.2, 0.25) is 0 Å². The first-order chi connectivity index (χ1) is 6.52. The van der Waals surface area contributed by atoms with Gasteiger partial charge in [0.25, 0.3) is 0 Å². The molecule has 86 valence electrons. The number of aliphatic hydroxyl groups is 2. The molecule has 0 aromatic carbocycles. The van der Waals surface area contributed by atoms with Crippen molar-refractivity contribution in [3.05, 3.63) is 0 Å². The number of nitrogens with two attached hydrogens (primary N) is 1. The molecular weight excluding hydrogens is 202 g/mol. The van der Waals surface area contributed by atoms with Crippen LogP contribution in [0.15, 0.2) is 0 Å². The molecule has 0 aromatic rings. The molecule has 0 saturated heterocycles. The van der Waals surface area contributed by atoms with Gasteiger partial charge in [0.15, 0.2) is 0 Å². The number of rotatable bonds is 7. The highest BCUT2D eigenvalue weighted by Gasteiger charge is 2.22. The highest BCUT2D eigenvalue weighted by Crippen LogP contribution is 2.22. The highest BCUT2D eigenvalue weighted by atomic mass is 32.2. The topological polar surface area (TPSA) is 75.7 Å². The Morgan fingerprint density at radius 3 is 2.36 bits per heavy atom. The van der Waals surface area contributed by atoms with Crippen LogP contribution in [-0.2, 0) is 4.74 Å². The molecule has 0 radical (unpaired) electrons. The smallest absolute Gasteiger partial charge is 0.0628 e. The molecule has 0 heterocycles. The molecule has 14 heavy (non-hydrogen) atoms. The zero-order valence-corrected chi connectivity index (χ0v) is 9.83. The third kappa shape index (κ3) is 5.17. The summed E-state index contributed by atoms with van der Waals surface area (Å²) in [6, 6.07) is -0.198. The molecule has 0 saturated carbocycles. The van der Waals surface area contributed by atoms with Crippen LogP contribution in [0.4, 0.5) is 0 Å². The van der Waals surface area contributed by atoms with Crippen LogP contribution in [0.3, 0.4) is 0 Å². The van der Waals surface area contributed by atoms with Gasteiger partial charge in [0.05, 0.1) is 19.3 Å². The van der Waals surface area contributed by atoms with Crippen molar-refractivity contribution >= 4 is 11.8 Å². The zero-order valence-electron chi connectivity index (χ0n) is 9.01. The van der Waals surface area contributed by atoms with E-state index in [1.54, 1.807) is 14.0 Å². The summed E-state index contributed by atoms with van der Waals surface area (Å²) >= 11 is 1.50. The van der Waals surface area contributed by atoms with Gasteiger partial charge in [-0.1, -0.05) is 6.92 Å². The van der Waals surface area contributed by atoms with Crippen molar-refractivity contribution in [3.63, 3.8) is 0 Å². The second-order valence-electron chi connectivity index (χ2n) is 3.42. The number of aliphatic hydroxyl groups excluding tert-OH is 2. The highest BCUT2D eigenvalue weighted by molar-refractivity contribution is 8.00. The predicted octanol–water partition coefficient (Wildman–Crippen LogP) is -0.176. The molecule has 5 heteroatoms. The van der Waals surface area contributed by atoms with E-state index in [0.29, 0.717) is 6.61 Å². The Balaban J connectivity index is 4.00. The lowest BCUT2D eigenvalue weighted by Crippen LogP contribution is -2.40. The van der Waals surface area contributed by atoms with E-state index in [-0.39, 0.29) is 23.1 Å². The number of thioether (sulfide) groups is 1. The average molecular weight is 223 g/mol. The molecule has 0 aromatic heterocycles. The van der Waals surface area contributed by atoms with Gasteiger partial charge in [0.1, 0.15) is 0 Å². The maximum Gasteiger partial charge on any atom is 0.0628 e. The van der Waals surface area contributed by atoms with Gasteiger partial charge in [-0.3, -0.25) is 0 Å². The Morgan fingerprint density at radius 2 is 2.00 bits per heavy atom. The molecule has 0 fully saturated rings. The molecule has 4 unspecified atom stereocenters. The van der Waals surface area contributed by atoms with E-state index in [9.17, 15) is 5.11 Å². The molecule has 0 spiro atoms. The average Bonchev–Trinajstić information content (AvgIpc) is 2.13. The van der Waals surface area contributed by atoms with Gasteiger partial charge in [-0.05, 0) is 6.92 Å². The monoisotopic (exact) mass is 223 g/mol. The van der Waals surface area contributed by atoms with Crippen LogP contribution in [0.5, 0.6) is 0 Å². The van der Waals surface area contributed by atoms with Gasteiger partial charge >= 0.3 is 0 Å². The lowest BCUT2D eigenvalue weighted by Gasteiger charge is -2.25. The molecule has 4 nitrogen and oxygen atoms in total. The molecule has 0 rings (SSSR count). The van der Waals surface area contributed by atoms with E-state index in [2.05, 4.69) is 0 Å². The van der Waals surface area contributed by atoms with Crippen molar-refractivity contribution in [2.75, 3.05) is 20.3 Å². The third-order valence-corrected chi connectivity index (χ3v) is 3.76. The van der Waals surface area contributed by atoms with Gasteiger partial charge in [-0.15, -0.1) is 11.8 Å². The summed E-state index contributed by atoms with van der Waals surface area (Å²) < 4.78 is 4.92. The maximum atomic E-state index is 9.30. The lowest BCUT2D eigenvalue weighted by atomic mass is 10.2. The Bertz CT molecular complexity index is 146. The summed E-state index contributed by atoms with van der Waals surface area (Å²) in [5.41, 5.74) is 5.80. The van der Waals surface area contributed by atoms with E-state index in [0.717, 1.165) is 0 Å². The summed E-state index contributed by atoms with van der Waals surface area (Å²) in [7, 11) is 1.58. The van der Waals surface area contributed by atoms with E-state index >= 15 is 0 Å². The molecule has 0 amide bonds. The Kier molecular flexibility index (Phi) is 7.58. The first-order valence-electron chi connectivity index (χ1n) is 4.71. The minimum Gasteiger partial charge on any atom is -0.395 e. The van der Waals surface area contributed by atoms with E-state index < -0.39 is 6.10 Å². The second-order valence-corrected chi connectivity index (χ2v) is 5.04. The Morgan fingerprint density at radius 1 is 1.43 bits per heavy atom. The van der Waals surface area contributed by atoms with Crippen LogP contribution >= 0.6 is 11.8 Å². The van der Waals surface area contributed by atoms with E-state index in [4.69, 9.17) is 15.6 Å². The van der Waals surface area contributed by atoms with Crippen molar-refractivity contribution < 1.29 is 14.9 Å². The van der Waals surface area contributed by atoms with Crippen LogP contribution in [0.25, 0.3) is 0 Å². The molecule has 0 aliphatic rings. The predicted molar refractivity (Wildman–Crippen MR) is 59.5 cm³/mol. The van der Waals surface area contributed by atoms with Gasteiger partial charge in [0, 0.05) is 23.7 Å². The van der Waals surface area contributed by atoms with E-state index in [1.807, 2.05) is 6.92 Å². The standard InChI is InChI=1S/C9H21NO3S/c1-6(12)7(2)14-9(4-11)8(10)5-13-3/h6-9,11-12H,4-5,10H2,1-3H3. The van der Waals surface area contributed by atoms with Crippen molar-refractivity contribution in [2.45, 2.75) is 36.5 Å². The van der Waals surface area contributed by atoms with Crippen molar-refractivity contribution in [3.8, 4) is 0 Å². The SMILES string of the molecule is COCC(N)C(CO)SC(C)C(C)O. The van der Waals surface area contributed by atoms with Crippen molar-refractivity contribution in [1.82, 2.24) is 0 Å². The lowest BCUT2D eigenvalue weighted by molar-refractivity contribution is 0.166. The summed E-state index contributed by atoms with van der Waals surface area (Å²) in [5.74, 6) is 0. The first-order valence-corrected chi connectivity index (χ1v) is 5.66. The van der Waals surface area contributed by atoms with Crippen LogP contribution in [0, 0.1) is 0 Å². The molecule has 0 aliphatic carbocycles. The number of ether oxygens (including phenoxy) is 1. The normalized spacial score (nSPS) is 20.1. The molecule has 0 aliphatic heterocycles. The fraction of sp³-hybridized carbons (Fsp3) is 1.00. The summed E-state index contributed by atoms with van der Waals surface area (Å²) in [4.78, 5) is 0. The van der Waals surface area contributed by atoms with Gasteiger partial charge < -0.3 is 20.7 Å². The van der Waals surface area contributed by atoms with Crippen molar-refractivity contribution in [2.24, 2.45) is 5.73 Å². The zero-order chi connectivity index (χ0) is 11.1. The van der Waals surface area contributed by atoms with Gasteiger partial charge in [-0.2, -0.15) is 0 Å². The fourth-order valence-corrected chi connectivity index (χ4v) is 2.11. The van der Waals surface area contributed by atoms with Crippen molar-refractivity contribution in [1.29, 1.82) is 0 Å². The fourth-order valence-electron chi connectivity index (χ4n) is 0.969. The van der Waals surface area contributed by atoms with E-state index in [1.165, 1.54) is 11.8 Å². The Labute approximate surface area is 89.8 Å². The van der Waals surface area contributed by atoms with Crippen LogP contribution < -0.4 is 5.73 Å². The summed E-state index contributed by atoms with van der Waals surface area (Å²) in [6.07, 6.45) is -0.399. The Hall–Kier alpha value is 0.190. The summed E-state index contributed by atoms with van der Waals surface area (Å²) in [5, 5.41) is 18.4. The molecule has 0 bridgehead atoms. The largest absolute Gasteiger partial charge is 0.395 e. The van der Waals surface area contributed by atoms with Gasteiger partial charge in [-0.25, -0.2) is 0 Å². The number of hydrogen-bond donors (Lipinski definition) is 3. The third-order valence-electron chi connectivity index (χ3n) is 2.09. The second kappa shape index (κ2) is 7.48. The van der Waals surface area contributed by atoms with Crippen LogP contribution in [0.2, 0.25) is 0 Å². The van der Waals surface area contributed by atoms with Crippen LogP contribution in [-0.4, -0.2) is 53.2 Å². The maximum absolute atomic E-state index is 9.30. The first kappa shape index (κ1) is 14.2. The molecular formula is C9H21NO3S.